The Labute approximate surface area is 174 Å². The molecular weight excluding hydrogens is 418 g/mol. The van der Waals surface area contributed by atoms with Gasteiger partial charge in [0.1, 0.15) is 4.21 Å². The maximum absolute atomic E-state index is 12.6. The molecule has 2 heterocycles. The summed E-state index contributed by atoms with van der Waals surface area (Å²) in [4.78, 5) is 14.1. The third kappa shape index (κ3) is 5.26. The molecule has 2 N–H and O–H groups in total. The first-order chi connectivity index (χ1) is 13.2. The number of hydrogen-bond donors (Lipinski definition) is 2. The van der Waals surface area contributed by atoms with E-state index in [0.717, 1.165) is 35.6 Å². The lowest BCUT2D eigenvalue weighted by Crippen LogP contribution is -2.30. The van der Waals surface area contributed by atoms with Gasteiger partial charge in [0, 0.05) is 42.1 Å². The van der Waals surface area contributed by atoms with Gasteiger partial charge >= 0.3 is 0 Å². The number of carbonyl (C=O) groups is 1. The van der Waals surface area contributed by atoms with Crippen molar-refractivity contribution in [1.82, 2.24) is 10.0 Å². The number of nitrogens with one attached hydrogen (secondary N) is 2. The van der Waals surface area contributed by atoms with Crippen molar-refractivity contribution in [3.8, 4) is 0 Å². The second kappa shape index (κ2) is 8.82. The molecule has 1 atom stereocenters. The van der Waals surface area contributed by atoms with Crippen molar-refractivity contribution in [1.29, 1.82) is 0 Å². The van der Waals surface area contributed by atoms with Crippen LogP contribution in [-0.2, 0) is 21.4 Å². The van der Waals surface area contributed by atoms with Crippen molar-refractivity contribution in [3.63, 3.8) is 0 Å². The van der Waals surface area contributed by atoms with Gasteiger partial charge in [0.2, 0.25) is 15.9 Å². The van der Waals surface area contributed by atoms with E-state index in [-0.39, 0.29) is 16.0 Å². The summed E-state index contributed by atoms with van der Waals surface area (Å²) in [7, 11) is -3.55. The van der Waals surface area contributed by atoms with Gasteiger partial charge < -0.3 is 10.2 Å². The van der Waals surface area contributed by atoms with E-state index in [4.69, 9.17) is 11.6 Å². The molecule has 1 fully saturated rings. The molecule has 2 aromatic rings. The molecule has 0 bridgehead atoms. The lowest BCUT2D eigenvalue weighted by atomic mass is 10.1. The molecule has 0 spiro atoms. The highest BCUT2D eigenvalue weighted by atomic mass is 35.5. The van der Waals surface area contributed by atoms with Crippen LogP contribution in [0.1, 0.15) is 23.8 Å². The number of carbonyl (C=O) groups excluding carboxylic acids is 1. The second-order valence-electron chi connectivity index (χ2n) is 7.01. The Morgan fingerprint density at radius 2 is 2.11 bits per heavy atom. The molecule has 1 aliphatic rings. The van der Waals surface area contributed by atoms with Gasteiger partial charge in [-0.25, -0.2) is 13.1 Å². The quantitative estimate of drug-likeness (QED) is 0.691. The smallest absolute Gasteiger partial charge is 0.250 e. The number of amides is 1. The SMILES string of the molecule is CC(=O)NCc1ccc(S(=O)(=O)NCC2CCN(c3cc(Cl)ccc3C)C2)s1. The van der Waals surface area contributed by atoms with Gasteiger partial charge in [0.05, 0.1) is 6.54 Å². The second-order valence-corrected chi connectivity index (χ2v) is 10.6. The summed E-state index contributed by atoms with van der Waals surface area (Å²) in [6.07, 6.45) is 0.923. The average molecular weight is 442 g/mol. The lowest BCUT2D eigenvalue weighted by Gasteiger charge is -2.21. The van der Waals surface area contributed by atoms with Crippen molar-refractivity contribution in [2.75, 3.05) is 24.5 Å². The fourth-order valence-electron chi connectivity index (χ4n) is 3.25. The molecule has 6 nitrogen and oxygen atoms in total. The third-order valence-corrected chi connectivity index (χ3v) is 8.01. The fraction of sp³-hybridized carbons (Fsp3) is 0.421. The molecule has 1 saturated heterocycles. The van der Waals surface area contributed by atoms with Crippen LogP contribution < -0.4 is 14.9 Å². The molecule has 1 aromatic heterocycles. The van der Waals surface area contributed by atoms with Crippen LogP contribution in [0, 0.1) is 12.8 Å². The number of thiophene rings is 1. The Morgan fingerprint density at radius 3 is 2.86 bits per heavy atom. The number of halogens is 1. The molecule has 28 heavy (non-hydrogen) atoms. The molecule has 0 saturated carbocycles. The van der Waals surface area contributed by atoms with Crippen LogP contribution in [0.2, 0.25) is 5.02 Å². The van der Waals surface area contributed by atoms with E-state index in [1.807, 2.05) is 18.2 Å². The number of benzene rings is 1. The first-order valence-electron chi connectivity index (χ1n) is 9.08. The van der Waals surface area contributed by atoms with Crippen LogP contribution >= 0.6 is 22.9 Å². The van der Waals surface area contributed by atoms with Crippen LogP contribution in [0.4, 0.5) is 5.69 Å². The fourth-order valence-corrected chi connectivity index (χ4v) is 5.87. The van der Waals surface area contributed by atoms with Crippen LogP contribution in [0.3, 0.4) is 0 Å². The van der Waals surface area contributed by atoms with E-state index in [0.29, 0.717) is 18.1 Å². The zero-order valence-electron chi connectivity index (χ0n) is 15.9. The summed E-state index contributed by atoms with van der Waals surface area (Å²) in [6.45, 7) is 5.90. The molecule has 3 rings (SSSR count). The standard InChI is InChI=1S/C19H24ClN3O3S2/c1-13-3-4-16(20)9-18(13)23-8-7-15(12-23)10-22-28(25,26)19-6-5-17(27-19)11-21-14(2)24/h3-6,9,15,22H,7-8,10-12H2,1-2H3,(H,21,24). The highest BCUT2D eigenvalue weighted by Crippen LogP contribution is 2.29. The number of rotatable bonds is 7. The largest absolute Gasteiger partial charge is 0.371 e. The molecule has 1 aromatic carbocycles. The van der Waals surface area contributed by atoms with E-state index < -0.39 is 10.0 Å². The molecule has 0 radical (unpaired) electrons. The van der Waals surface area contributed by atoms with Crippen molar-refractivity contribution in [3.05, 3.63) is 45.8 Å². The Bertz CT molecular complexity index is 959. The minimum atomic E-state index is -3.55. The molecule has 1 unspecified atom stereocenters. The minimum Gasteiger partial charge on any atom is -0.371 e. The van der Waals surface area contributed by atoms with Gasteiger partial charge in [-0.2, -0.15) is 0 Å². The Balaban J connectivity index is 1.57. The van der Waals surface area contributed by atoms with Crippen molar-refractivity contribution < 1.29 is 13.2 Å². The molecule has 152 valence electrons. The van der Waals surface area contributed by atoms with Gasteiger partial charge in [-0.3, -0.25) is 4.79 Å². The first kappa shape index (κ1) is 21.1. The topological polar surface area (TPSA) is 78.5 Å². The van der Waals surface area contributed by atoms with E-state index in [9.17, 15) is 13.2 Å². The van der Waals surface area contributed by atoms with E-state index >= 15 is 0 Å². The predicted molar refractivity (Wildman–Crippen MR) is 114 cm³/mol. The Hall–Kier alpha value is -1.61. The summed E-state index contributed by atoms with van der Waals surface area (Å²) in [5, 5.41) is 3.38. The van der Waals surface area contributed by atoms with Gasteiger partial charge in [-0.15, -0.1) is 11.3 Å². The van der Waals surface area contributed by atoms with Crippen LogP contribution in [0.15, 0.2) is 34.5 Å². The Kier molecular flexibility index (Phi) is 6.65. The van der Waals surface area contributed by atoms with Gasteiger partial charge in [0.15, 0.2) is 0 Å². The molecule has 1 amide bonds. The van der Waals surface area contributed by atoms with Crippen LogP contribution in [0.5, 0.6) is 0 Å². The molecule has 9 heteroatoms. The first-order valence-corrected chi connectivity index (χ1v) is 11.8. The minimum absolute atomic E-state index is 0.142. The average Bonchev–Trinajstić information content (AvgIpc) is 3.30. The van der Waals surface area contributed by atoms with Crippen molar-refractivity contribution in [2.45, 2.75) is 31.0 Å². The number of nitrogens with zero attached hydrogens (tertiary/aromatic N) is 1. The summed E-state index contributed by atoms with van der Waals surface area (Å²) >= 11 is 7.30. The highest BCUT2D eigenvalue weighted by Gasteiger charge is 2.26. The van der Waals surface area contributed by atoms with Crippen LogP contribution in [0.25, 0.3) is 0 Å². The number of aryl methyl sites for hydroxylation is 1. The van der Waals surface area contributed by atoms with E-state index in [1.54, 1.807) is 12.1 Å². The van der Waals surface area contributed by atoms with Gasteiger partial charge in [0.25, 0.3) is 0 Å². The molecule has 0 aliphatic carbocycles. The maximum Gasteiger partial charge on any atom is 0.250 e. The summed E-state index contributed by atoms with van der Waals surface area (Å²) in [5.74, 6) is 0.101. The Morgan fingerprint density at radius 1 is 1.32 bits per heavy atom. The monoisotopic (exact) mass is 441 g/mol. The zero-order valence-corrected chi connectivity index (χ0v) is 18.3. The zero-order chi connectivity index (χ0) is 20.3. The predicted octanol–water partition coefficient (Wildman–Crippen LogP) is 3.15. The van der Waals surface area contributed by atoms with E-state index in [2.05, 4.69) is 21.9 Å². The summed E-state index contributed by atoms with van der Waals surface area (Å²) < 4.78 is 28.2. The summed E-state index contributed by atoms with van der Waals surface area (Å²) in [5.41, 5.74) is 2.27. The maximum atomic E-state index is 12.6. The number of anilines is 1. The van der Waals surface area contributed by atoms with Crippen LogP contribution in [-0.4, -0.2) is 34.0 Å². The lowest BCUT2D eigenvalue weighted by molar-refractivity contribution is -0.119. The normalized spacial score (nSPS) is 17.1. The molecule has 1 aliphatic heterocycles. The third-order valence-electron chi connectivity index (χ3n) is 4.77. The van der Waals surface area contributed by atoms with Gasteiger partial charge in [-0.1, -0.05) is 17.7 Å². The van der Waals surface area contributed by atoms with E-state index in [1.165, 1.54) is 18.3 Å². The molecular formula is C19H24ClN3O3S2. The highest BCUT2D eigenvalue weighted by molar-refractivity contribution is 7.91. The van der Waals surface area contributed by atoms with Gasteiger partial charge in [-0.05, 0) is 49.1 Å². The number of sulfonamides is 1. The summed E-state index contributed by atoms with van der Waals surface area (Å²) in [6, 6.07) is 9.16. The number of hydrogen-bond acceptors (Lipinski definition) is 5. The van der Waals surface area contributed by atoms with Crippen molar-refractivity contribution >= 4 is 44.6 Å². The van der Waals surface area contributed by atoms with Crippen molar-refractivity contribution in [2.24, 2.45) is 5.92 Å².